The molecule has 1 saturated heterocycles. The van der Waals surface area contributed by atoms with Crippen LogP contribution in [-0.2, 0) is 16.4 Å². The Morgan fingerprint density at radius 2 is 1.69 bits per heavy atom. The van der Waals surface area contributed by atoms with E-state index in [0.717, 1.165) is 23.0 Å². The summed E-state index contributed by atoms with van der Waals surface area (Å²) in [5.41, 5.74) is 2.87. The van der Waals surface area contributed by atoms with Gasteiger partial charge in [-0.25, -0.2) is 13.4 Å². The van der Waals surface area contributed by atoms with Crippen LogP contribution in [-0.4, -0.2) is 72.5 Å². The van der Waals surface area contributed by atoms with Crippen LogP contribution in [0.25, 0.3) is 10.9 Å². The Bertz CT molecular complexity index is 1650. The summed E-state index contributed by atoms with van der Waals surface area (Å²) in [6, 6.07) is 13.8. The van der Waals surface area contributed by atoms with E-state index in [4.69, 9.17) is 4.98 Å². The zero-order valence-electron chi connectivity index (χ0n) is 21.7. The number of amides is 2. The first-order valence-electron chi connectivity index (χ1n) is 12.5. The average molecular weight is 545 g/mol. The molecule has 4 aromatic rings. The van der Waals surface area contributed by atoms with Crippen LogP contribution in [0.1, 0.15) is 32.0 Å². The highest BCUT2D eigenvalue weighted by molar-refractivity contribution is 7.90. The van der Waals surface area contributed by atoms with Gasteiger partial charge in [0.25, 0.3) is 11.8 Å². The lowest BCUT2D eigenvalue weighted by molar-refractivity contribution is 0.0746. The molecular formula is C28H28N6O4S. The van der Waals surface area contributed by atoms with Gasteiger partial charge in [-0.3, -0.25) is 19.6 Å². The predicted molar refractivity (Wildman–Crippen MR) is 147 cm³/mol. The number of nitrogens with one attached hydrogen (secondary N) is 1. The second kappa shape index (κ2) is 10.8. The van der Waals surface area contributed by atoms with Crippen LogP contribution in [0.2, 0.25) is 0 Å². The lowest BCUT2D eigenvalue weighted by atomic mass is 10.1. The number of rotatable bonds is 6. The van der Waals surface area contributed by atoms with Gasteiger partial charge in [0.2, 0.25) is 0 Å². The van der Waals surface area contributed by atoms with Gasteiger partial charge in [0.15, 0.2) is 9.84 Å². The molecule has 1 aromatic carbocycles. The zero-order valence-corrected chi connectivity index (χ0v) is 22.5. The Hall–Kier alpha value is -4.38. The van der Waals surface area contributed by atoms with Gasteiger partial charge in [0, 0.05) is 67.5 Å². The third kappa shape index (κ3) is 5.88. The number of sulfone groups is 1. The van der Waals surface area contributed by atoms with Gasteiger partial charge >= 0.3 is 0 Å². The van der Waals surface area contributed by atoms with E-state index < -0.39 is 9.84 Å². The summed E-state index contributed by atoms with van der Waals surface area (Å²) in [5, 5.41) is 3.68. The minimum Gasteiger partial charge on any atom is -0.353 e. The van der Waals surface area contributed by atoms with Crippen molar-refractivity contribution >= 4 is 38.4 Å². The molecule has 0 unspecified atom stereocenters. The molecule has 0 radical (unpaired) electrons. The van der Waals surface area contributed by atoms with Crippen LogP contribution >= 0.6 is 0 Å². The van der Waals surface area contributed by atoms with Crippen molar-refractivity contribution in [1.82, 2.24) is 25.2 Å². The Morgan fingerprint density at radius 3 is 2.41 bits per heavy atom. The number of hydrogen-bond acceptors (Lipinski definition) is 8. The Balaban J connectivity index is 1.24. The van der Waals surface area contributed by atoms with Gasteiger partial charge in [-0.1, -0.05) is 6.07 Å². The first-order valence-corrected chi connectivity index (χ1v) is 14.4. The molecule has 4 heterocycles. The van der Waals surface area contributed by atoms with Gasteiger partial charge < -0.3 is 15.1 Å². The number of hydrogen-bond donors (Lipinski definition) is 1. The molecule has 0 spiro atoms. The molecule has 1 fully saturated rings. The zero-order chi connectivity index (χ0) is 27.6. The minimum atomic E-state index is -3.44. The van der Waals surface area contributed by atoms with E-state index in [1.165, 1.54) is 6.07 Å². The molecule has 1 N–H and O–H groups in total. The summed E-state index contributed by atoms with van der Waals surface area (Å²) >= 11 is 0. The van der Waals surface area contributed by atoms with Gasteiger partial charge in [-0.2, -0.15) is 0 Å². The minimum absolute atomic E-state index is 0.000497. The predicted octanol–water partition coefficient (Wildman–Crippen LogP) is 2.63. The second-order valence-corrected chi connectivity index (χ2v) is 11.5. The first kappa shape index (κ1) is 26.2. The molecule has 10 nitrogen and oxygen atoms in total. The lowest BCUT2D eigenvalue weighted by Gasteiger charge is -2.35. The molecule has 2 amide bonds. The molecule has 1 aliphatic heterocycles. The standard InChI is InChI=1S/C28H28N6O4S/c1-19-3-4-21(15-25(19)39(2,37)38)27(35)31-18-23-16-24-22(17-30-23)5-6-26(32-24)33-11-13-34(14-12-33)28(36)20-7-9-29-10-8-20/h3-10,15-17H,11-14,18H2,1-2H3,(H,31,35). The van der Waals surface area contributed by atoms with E-state index in [9.17, 15) is 18.0 Å². The van der Waals surface area contributed by atoms with E-state index in [-0.39, 0.29) is 28.8 Å². The fourth-order valence-corrected chi connectivity index (χ4v) is 5.54. The Labute approximate surface area is 226 Å². The number of nitrogens with zero attached hydrogens (tertiary/aromatic N) is 5. The number of aryl methyl sites for hydroxylation is 1. The summed E-state index contributed by atoms with van der Waals surface area (Å²) in [7, 11) is -3.44. The highest BCUT2D eigenvalue weighted by Crippen LogP contribution is 2.21. The highest BCUT2D eigenvalue weighted by Gasteiger charge is 2.23. The Morgan fingerprint density at radius 1 is 0.949 bits per heavy atom. The maximum absolute atomic E-state index is 12.7. The summed E-state index contributed by atoms with van der Waals surface area (Å²) in [4.78, 5) is 42.8. The number of carbonyl (C=O) groups excluding carboxylic acids is 2. The second-order valence-electron chi connectivity index (χ2n) is 9.49. The van der Waals surface area contributed by atoms with Crippen LogP contribution in [0.5, 0.6) is 0 Å². The van der Waals surface area contributed by atoms with Crippen molar-refractivity contribution in [2.24, 2.45) is 0 Å². The van der Waals surface area contributed by atoms with E-state index >= 15 is 0 Å². The van der Waals surface area contributed by atoms with Gasteiger partial charge in [0.1, 0.15) is 5.82 Å². The van der Waals surface area contributed by atoms with Crippen molar-refractivity contribution in [2.45, 2.75) is 18.4 Å². The number of anilines is 1. The molecule has 0 saturated carbocycles. The van der Waals surface area contributed by atoms with E-state index in [1.807, 2.05) is 23.1 Å². The number of fused-ring (bicyclic) bond motifs is 1. The van der Waals surface area contributed by atoms with Crippen LogP contribution in [0, 0.1) is 6.92 Å². The molecular weight excluding hydrogens is 516 g/mol. The number of benzene rings is 1. The average Bonchev–Trinajstić information content (AvgIpc) is 2.95. The van der Waals surface area contributed by atoms with Crippen LogP contribution in [0.4, 0.5) is 5.82 Å². The third-order valence-corrected chi connectivity index (χ3v) is 7.95. The van der Waals surface area contributed by atoms with Crippen molar-refractivity contribution in [3.63, 3.8) is 0 Å². The van der Waals surface area contributed by atoms with Gasteiger partial charge in [-0.15, -0.1) is 0 Å². The topological polar surface area (TPSA) is 125 Å². The van der Waals surface area contributed by atoms with Crippen molar-refractivity contribution in [3.05, 3.63) is 89.5 Å². The molecule has 0 bridgehead atoms. The summed E-state index contributed by atoms with van der Waals surface area (Å²) in [6.45, 7) is 4.37. The Kier molecular flexibility index (Phi) is 7.25. The number of pyridine rings is 3. The van der Waals surface area contributed by atoms with Crippen molar-refractivity contribution in [3.8, 4) is 0 Å². The van der Waals surface area contributed by atoms with Crippen molar-refractivity contribution < 1.29 is 18.0 Å². The van der Waals surface area contributed by atoms with Gasteiger partial charge in [-0.05, 0) is 55.0 Å². The van der Waals surface area contributed by atoms with Crippen molar-refractivity contribution in [1.29, 1.82) is 0 Å². The number of aromatic nitrogens is 3. The molecule has 11 heteroatoms. The van der Waals surface area contributed by atoms with E-state index in [0.29, 0.717) is 43.0 Å². The molecule has 39 heavy (non-hydrogen) atoms. The molecule has 0 aliphatic carbocycles. The molecule has 1 aliphatic rings. The fraction of sp³-hybridized carbons (Fsp3) is 0.250. The molecule has 0 atom stereocenters. The lowest BCUT2D eigenvalue weighted by Crippen LogP contribution is -2.49. The summed E-state index contributed by atoms with van der Waals surface area (Å²) < 4.78 is 24.0. The van der Waals surface area contributed by atoms with Gasteiger partial charge in [0.05, 0.1) is 22.7 Å². The smallest absolute Gasteiger partial charge is 0.254 e. The normalized spacial score (nSPS) is 13.9. The van der Waals surface area contributed by atoms with Crippen molar-refractivity contribution in [2.75, 3.05) is 37.3 Å². The highest BCUT2D eigenvalue weighted by atomic mass is 32.2. The van der Waals surface area contributed by atoms with E-state index in [2.05, 4.69) is 20.2 Å². The van der Waals surface area contributed by atoms with Crippen LogP contribution in [0.15, 0.2) is 72.0 Å². The molecule has 200 valence electrons. The molecule has 5 rings (SSSR count). The van der Waals surface area contributed by atoms with Crippen LogP contribution < -0.4 is 10.2 Å². The number of piperazine rings is 1. The maximum atomic E-state index is 12.7. The SMILES string of the molecule is Cc1ccc(C(=O)NCc2cc3nc(N4CCN(C(=O)c5ccncc5)CC4)ccc3cn2)cc1S(C)(=O)=O. The number of carbonyl (C=O) groups is 2. The largest absolute Gasteiger partial charge is 0.353 e. The fourth-order valence-electron chi connectivity index (χ4n) is 4.55. The first-order chi connectivity index (χ1) is 18.7. The quantitative estimate of drug-likeness (QED) is 0.393. The monoisotopic (exact) mass is 544 g/mol. The third-order valence-electron chi connectivity index (χ3n) is 6.71. The summed E-state index contributed by atoms with van der Waals surface area (Å²) in [5.74, 6) is 0.426. The molecule has 3 aromatic heterocycles. The van der Waals surface area contributed by atoms with Crippen LogP contribution in [0.3, 0.4) is 0 Å². The summed E-state index contributed by atoms with van der Waals surface area (Å²) in [6.07, 6.45) is 6.08. The maximum Gasteiger partial charge on any atom is 0.254 e. The van der Waals surface area contributed by atoms with E-state index in [1.54, 1.807) is 49.8 Å².